The van der Waals surface area contributed by atoms with Gasteiger partial charge < -0.3 is 8.98 Å². The highest BCUT2D eigenvalue weighted by Gasteiger charge is 2.26. The molecule has 46 heavy (non-hydrogen) atoms. The van der Waals surface area contributed by atoms with Crippen LogP contribution < -0.4 is 0 Å². The van der Waals surface area contributed by atoms with Crippen LogP contribution in [0.25, 0.3) is 50.3 Å². The molecule has 0 unspecified atom stereocenters. The second-order valence-corrected chi connectivity index (χ2v) is 13.5. The minimum absolute atomic E-state index is 0.357. The Morgan fingerprint density at radius 1 is 0.717 bits per heavy atom. The molecule has 3 aromatic carbocycles. The molecule has 0 N–H and O–H groups in total. The zero-order valence-electron chi connectivity index (χ0n) is 27.7. The Morgan fingerprint density at radius 2 is 1.43 bits per heavy atom. The van der Waals surface area contributed by atoms with E-state index in [4.69, 9.17) is 14.4 Å². The highest BCUT2D eigenvalue weighted by atomic mass is 16.3. The van der Waals surface area contributed by atoms with E-state index >= 15 is 0 Å². The number of imidazole rings is 1. The van der Waals surface area contributed by atoms with Gasteiger partial charge in [-0.1, -0.05) is 96.1 Å². The number of rotatable bonds is 7. The topological polar surface area (TPSA) is 56.7 Å². The maximum Gasteiger partial charge on any atom is 0.227 e. The van der Waals surface area contributed by atoms with Gasteiger partial charge in [-0.15, -0.1) is 0 Å². The van der Waals surface area contributed by atoms with Crippen LogP contribution in [-0.2, 0) is 5.41 Å². The van der Waals surface area contributed by atoms with Gasteiger partial charge in [0.15, 0.2) is 0 Å². The Kier molecular flexibility index (Phi) is 7.35. The molecular formula is C41H40N4O. The van der Waals surface area contributed by atoms with Crippen LogP contribution in [0.5, 0.6) is 0 Å². The standard InChI is InChI=1S/C41H40N4O/c1-25(2)30-14-9-15-31(26(3)4)38(30)45-23-36(42-24-45)28-12-8-13-29(22-28)41(6,7)37-19-11-18-35(44-37)34-17-10-16-32-33-21-20-27(5)43-40(33)46-39(32)34/h8-26H,1-7H3. The second-order valence-electron chi connectivity index (χ2n) is 13.5. The lowest BCUT2D eigenvalue weighted by atomic mass is 9.80. The number of hydrogen-bond donors (Lipinski definition) is 0. The molecule has 7 aromatic rings. The van der Waals surface area contributed by atoms with Gasteiger partial charge in [0.1, 0.15) is 5.58 Å². The van der Waals surface area contributed by atoms with Crippen LogP contribution >= 0.6 is 0 Å². The predicted octanol–water partition coefficient (Wildman–Crippen LogP) is 10.8. The molecule has 0 aliphatic heterocycles. The summed E-state index contributed by atoms with van der Waals surface area (Å²) in [6.07, 6.45) is 4.13. The molecule has 5 heteroatoms. The lowest BCUT2D eigenvalue weighted by Gasteiger charge is -2.26. The van der Waals surface area contributed by atoms with Crippen LogP contribution in [0.1, 0.15) is 81.5 Å². The summed E-state index contributed by atoms with van der Waals surface area (Å²) in [5, 5.41) is 2.07. The van der Waals surface area contributed by atoms with Crippen molar-refractivity contribution in [3.8, 4) is 28.2 Å². The molecule has 0 saturated carbocycles. The van der Waals surface area contributed by atoms with E-state index < -0.39 is 0 Å². The van der Waals surface area contributed by atoms with Gasteiger partial charge >= 0.3 is 0 Å². The number of nitrogens with zero attached hydrogens (tertiary/aromatic N) is 4. The Bertz CT molecular complexity index is 2190. The molecule has 0 aliphatic rings. The summed E-state index contributed by atoms with van der Waals surface area (Å²) in [7, 11) is 0. The normalized spacial score (nSPS) is 12.2. The number of benzene rings is 3. The SMILES string of the molecule is Cc1ccc2c(n1)oc1c(-c3cccc(C(C)(C)c4cccc(-c5cn(-c6c(C(C)C)cccc6C(C)C)cn5)c4)n3)cccc12. The molecule has 4 heterocycles. The fourth-order valence-corrected chi connectivity index (χ4v) is 6.53. The van der Waals surface area contributed by atoms with E-state index in [2.05, 4.69) is 142 Å². The molecule has 230 valence electrons. The first-order chi connectivity index (χ1) is 22.1. The van der Waals surface area contributed by atoms with E-state index in [0.29, 0.717) is 17.5 Å². The maximum absolute atomic E-state index is 6.31. The Balaban J connectivity index is 1.25. The van der Waals surface area contributed by atoms with Gasteiger partial charge in [-0.3, -0.25) is 4.98 Å². The van der Waals surface area contributed by atoms with Gasteiger partial charge in [-0.05, 0) is 71.8 Å². The van der Waals surface area contributed by atoms with Crippen molar-refractivity contribution in [2.75, 3.05) is 0 Å². The molecular weight excluding hydrogens is 564 g/mol. The lowest BCUT2D eigenvalue weighted by molar-refractivity contribution is 0.617. The molecule has 0 spiro atoms. The smallest absolute Gasteiger partial charge is 0.227 e. The fraction of sp³-hybridized carbons (Fsp3) is 0.244. The summed E-state index contributed by atoms with van der Waals surface area (Å²) in [6, 6.07) is 32.0. The van der Waals surface area contributed by atoms with Gasteiger partial charge in [0, 0.05) is 39.2 Å². The van der Waals surface area contributed by atoms with Crippen molar-refractivity contribution in [2.24, 2.45) is 0 Å². The first-order valence-electron chi connectivity index (χ1n) is 16.2. The molecule has 0 bridgehead atoms. The number of para-hydroxylation sites is 2. The van der Waals surface area contributed by atoms with Crippen molar-refractivity contribution >= 4 is 22.1 Å². The first-order valence-corrected chi connectivity index (χ1v) is 16.2. The van der Waals surface area contributed by atoms with Gasteiger partial charge in [0.05, 0.1) is 29.1 Å². The van der Waals surface area contributed by atoms with E-state index in [1.807, 2.05) is 19.3 Å². The summed E-state index contributed by atoms with van der Waals surface area (Å²) in [5.74, 6) is 0.818. The molecule has 0 aliphatic carbocycles. The van der Waals surface area contributed by atoms with E-state index in [1.54, 1.807) is 0 Å². The Labute approximate surface area is 271 Å². The van der Waals surface area contributed by atoms with E-state index in [0.717, 1.165) is 50.3 Å². The van der Waals surface area contributed by atoms with Crippen LogP contribution in [0.15, 0.2) is 108 Å². The van der Waals surface area contributed by atoms with E-state index in [1.165, 1.54) is 22.4 Å². The summed E-state index contributed by atoms with van der Waals surface area (Å²) in [4.78, 5) is 14.8. The van der Waals surface area contributed by atoms with Crippen molar-refractivity contribution < 1.29 is 4.42 Å². The van der Waals surface area contributed by atoms with Gasteiger partial charge in [0.25, 0.3) is 0 Å². The third kappa shape index (κ3) is 5.10. The van der Waals surface area contributed by atoms with Gasteiger partial charge in [-0.25, -0.2) is 9.97 Å². The highest BCUT2D eigenvalue weighted by Crippen LogP contribution is 2.38. The fourth-order valence-electron chi connectivity index (χ4n) is 6.53. The van der Waals surface area contributed by atoms with Crippen LogP contribution in [0.4, 0.5) is 0 Å². The number of furan rings is 1. The molecule has 5 nitrogen and oxygen atoms in total. The Hall–Kier alpha value is -5.03. The summed E-state index contributed by atoms with van der Waals surface area (Å²) >= 11 is 0. The molecule has 0 amide bonds. The molecule has 0 fully saturated rings. The minimum atomic E-state index is -0.357. The predicted molar refractivity (Wildman–Crippen MR) is 189 cm³/mol. The molecule has 0 atom stereocenters. The lowest BCUT2D eigenvalue weighted by Crippen LogP contribution is -2.20. The van der Waals surface area contributed by atoms with Crippen LogP contribution in [-0.4, -0.2) is 19.5 Å². The summed E-state index contributed by atoms with van der Waals surface area (Å²) in [6.45, 7) is 15.5. The third-order valence-electron chi connectivity index (χ3n) is 9.23. The number of hydrogen-bond acceptors (Lipinski definition) is 4. The van der Waals surface area contributed by atoms with Crippen molar-refractivity contribution in [3.05, 3.63) is 132 Å². The molecule has 7 rings (SSSR count). The average molecular weight is 605 g/mol. The summed E-state index contributed by atoms with van der Waals surface area (Å²) in [5.41, 5.74) is 12.0. The molecule has 4 aromatic heterocycles. The third-order valence-corrected chi connectivity index (χ3v) is 9.23. The molecule has 0 radical (unpaired) electrons. The van der Waals surface area contributed by atoms with Gasteiger partial charge in [-0.2, -0.15) is 0 Å². The van der Waals surface area contributed by atoms with E-state index in [-0.39, 0.29) is 5.41 Å². The minimum Gasteiger partial charge on any atom is -0.437 e. The highest BCUT2D eigenvalue weighted by molar-refractivity contribution is 6.08. The quantitative estimate of drug-likeness (QED) is 0.182. The number of aromatic nitrogens is 4. The number of fused-ring (bicyclic) bond motifs is 3. The summed E-state index contributed by atoms with van der Waals surface area (Å²) < 4.78 is 8.51. The zero-order chi connectivity index (χ0) is 32.2. The zero-order valence-corrected chi connectivity index (χ0v) is 27.7. The van der Waals surface area contributed by atoms with Crippen LogP contribution in [0.3, 0.4) is 0 Å². The van der Waals surface area contributed by atoms with E-state index in [9.17, 15) is 0 Å². The monoisotopic (exact) mass is 604 g/mol. The van der Waals surface area contributed by atoms with Crippen LogP contribution in [0.2, 0.25) is 0 Å². The average Bonchev–Trinajstić information content (AvgIpc) is 3.69. The van der Waals surface area contributed by atoms with Crippen molar-refractivity contribution in [3.63, 3.8) is 0 Å². The largest absolute Gasteiger partial charge is 0.437 e. The first kappa shape index (κ1) is 29.7. The van der Waals surface area contributed by atoms with Gasteiger partial charge in [0.2, 0.25) is 5.71 Å². The second kappa shape index (κ2) is 11.4. The Morgan fingerprint density at radius 3 is 2.20 bits per heavy atom. The number of pyridine rings is 2. The van der Waals surface area contributed by atoms with Crippen molar-refractivity contribution in [2.45, 2.75) is 65.7 Å². The maximum atomic E-state index is 6.31. The van der Waals surface area contributed by atoms with Crippen molar-refractivity contribution in [1.82, 2.24) is 19.5 Å². The van der Waals surface area contributed by atoms with Crippen LogP contribution in [0, 0.1) is 6.92 Å². The molecule has 0 saturated heterocycles. The van der Waals surface area contributed by atoms with Crippen molar-refractivity contribution in [1.29, 1.82) is 0 Å². The number of aryl methyl sites for hydroxylation is 1.